The number of nitrogens with zero attached hydrogens (tertiary/aromatic N) is 5. The number of likely N-dealkylation sites (tertiary alicyclic amines) is 1. The minimum absolute atomic E-state index is 0.0443. The summed E-state index contributed by atoms with van der Waals surface area (Å²) < 4.78 is 7.65. The van der Waals surface area contributed by atoms with Crippen LogP contribution in [0, 0.1) is 0 Å². The third-order valence-electron chi connectivity index (χ3n) is 7.34. The van der Waals surface area contributed by atoms with Crippen LogP contribution in [0.3, 0.4) is 0 Å². The van der Waals surface area contributed by atoms with Crippen molar-refractivity contribution in [2.24, 2.45) is 7.05 Å². The number of ether oxygens (including phenoxy) is 1. The maximum absolute atomic E-state index is 13.2. The summed E-state index contributed by atoms with van der Waals surface area (Å²) in [7, 11) is 1.70. The molecule has 0 bridgehead atoms. The Balaban J connectivity index is 1.26. The van der Waals surface area contributed by atoms with E-state index in [1.54, 1.807) is 59.2 Å². The lowest BCUT2D eigenvalue weighted by Crippen LogP contribution is -2.53. The standard InChI is InChI=1S/C28H36BrClN6O6/c1-27(2,3)42-26(40)36-9-7-28(41,8-10-36)16-22(37)34-11-13-35(14-12-34)25(39)19-6-5-18(15-20(19)30)32-24(38)23-31-17-21(29)33(23)4/h5-6,15,17,41H,7-14,16H2,1-4H3,(H,32,38). The van der Waals surface area contributed by atoms with Gasteiger partial charge in [0.25, 0.3) is 11.8 Å². The van der Waals surface area contributed by atoms with Gasteiger partial charge >= 0.3 is 6.09 Å². The predicted octanol–water partition coefficient (Wildman–Crippen LogP) is 3.52. The lowest BCUT2D eigenvalue weighted by Gasteiger charge is -2.40. The van der Waals surface area contributed by atoms with Gasteiger partial charge in [-0.2, -0.15) is 0 Å². The number of nitrogens with one attached hydrogen (secondary N) is 1. The van der Waals surface area contributed by atoms with E-state index < -0.39 is 23.2 Å². The number of aromatic nitrogens is 2. The summed E-state index contributed by atoms with van der Waals surface area (Å²) in [5, 5.41) is 14.0. The molecule has 4 amide bonds. The number of benzene rings is 1. The van der Waals surface area contributed by atoms with Gasteiger partial charge in [0.05, 0.1) is 28.8 Å². The van der Waals surface area contributed by atoms with Crippen LogP contribution in [0.2, 0.25) is 5.02 Å². The zero-order valence-corrected chi connectivity index (χ0v) is 26.5. The van der Waals surface area contributed by atoms with Crippen LogP contribution in [-0.4, -0.2) is 104 Å². The molecular formula is C28H36BrClN6O6. The molecule has 0 saturated carbocycles. The number of piperidine rings is 1. The van der Waals surface area contributed by atoms with Crippen LogP contribution in [-0.2, 0) is 16.6 Å². The van der Waals surface area contributed by atoms with E-state index >= 15 is 0 Å². The average molecular weight is 668 g/mol. The highest BCUT2D eigenvalue weighted by molar-refractivity contribution is 9.10. The molecule has 1 aromatic heterocycles. The molecule has 14 heteroatoms. The Hall–Kier alpha value is -3.16. The topological polar surface area (TPSA) is 137 Å². The minimum Gasteiger partial charge on any atom is -0.444 e. The molecule has 1 aromatic carbocycles. The molecule has 0 spiro atoms. The van der Waals surface area contributed by atoms with Gasteiger partial charge in [0.2, 0.25) is 5.91 Å². The first kappa shape index (κ1) is 31.8. The van der Waals surface area contributed by atoms with Crippen LogP contribution >= 0.6 is 27.5 Å². The lowest BCUT2D eigenvalue weighted by atomic mass is 9.87. The van der Waals surface area contributed by atoms with Gasteiger partial charge in [-0.05, 0) is 67.7 Å². The summed E-state index contributed by atoms with van der Waals surface area (Å²) in [5.74, 6) is -0.666. The van der Waals surface area contributed by atoms with Crippen molar-refractivity contribution in [3.05, 3.63) is 45.4 Å². The maximum Gasteiger partial charge on any atom is 0.410 e. The molecule has 3 heterocycles. The molecule has 228 valence electrons. The zero-order valence-electron chi connectivity index (χ0n) is 24.2. The predicted molar refractivity (Wildman–Crippen MR) is 159 cm³/mol. The van der Waals surface area contributed by atoms with Crippen LogP contribution in [0.5, 0.6) is 0 Å². The van der Waals surface area contributed by atoms with Crippen molar-refractivity contribution in [2.75, 3.05) is 44.6 Å². The minimum atomic E-state index is -1.19. The number of carbonyl (C=O) groups is 4. The number of anilines is 1. The second kappa shape index (κ2) is 12.6. The van der Waals surface area contributed by atoms with Crippen molar-refractivity contribution in [3.63, 3.8) is 0 Å². The number of imidazole rings is 1. The van der Waals surface area contributed by atoms with Crippen molar-refractivity contribution >= 4 is 57.0 Å². The highest BCUT2D eigenvalue weighted by Crippen LogP contribution is 2.28. The Kier molecular flexibility index (Phi) is 9.53. The number of halogens is 2. The molecule has 0 unspecified atom stereocenters. The van der Waals surface area contributed by atoms with Gasteiger partial charge in [0.1, 0.15) is 10.2 Å². The van der Waals surface area contributed by atoms with E-state index in [0.717, 1.165) is 0 Å². The summed E-state index contributed by atoms with van der Waals surface area (Å²) in [4.78, 5) is 60.0. The first-order valence-corrected chi connectivity index (χ1v) is 14.9. The molecule has 2 saturated heterocycles. The molecule has 0 radical (unpaired) electrons. The van der Waals surface area contributed by atoms with E-state index in [-0.39, 0.29) is 41.9 Å². The molecule has 2 aliphatic heterocycles. The van der Waals surface area contributed by atoms with Crippen molar-refractivity contribution in [1.82, 2.24) is 24.3 Å². The van der Waals surface area contributed by atoms with Crippen molar-refractivity contribution in [3.8, 4) is 0 Å². The normalized spacial score (nSPS) is 17.2. The molecule has 12 nitrogen and oxygen atoms in total. The highest BCUT2D eigenvalue weighted by atomic mass is 79.9. The second-order valence-electron chi connectivity index (χ2n) is 11.7. The second-order valence-corrected chi connectivity index (χ2v) is 12.9. The monoisotopic (exact) mass is 666 g/mol. The molecule has 2 N–H and O–H groups in total. The Labute approximate surface area is 258 Å². The summed E-state index contributed by atoms with van der Waals surface area (Å²) in [6, 6.07) is 4.67. The molecule has 2 aliphatic rings. The van der Waals surface area contributed by atoms with Gasteiger partial charge in [-0.15, -0.1) is 0 Å². The lowest BCUT2D eigenvalue weighted by molar-refractivity contribution is -0.139. The molecule has 2 aromatic rings. The van der Waals surface area contributed by atoms with E-state index in [0.29, 0.717) is 55.1 Å². The Morgan fingerprint density at radius 2 is 1.67 bits per heavy atom. The van der Waals surface area contributed by atoms with Gasteiger partial charge < -0.3 is 34.4 Å². The van der Waals surface area contributed by atoms with E-state index in [2.05, 4.69) is 26.2 Å². The molecule has 2 fully saturated rings. The zero-order chi connectivity index (χ0) is 30.8. The summed E-state index contributed by atoms with van der Waals surface area (Å²) in [6.45, 7) is 7.31. The fraction of sp³-hybridized carbons (Fsp3) is 0.536. The molecular weight excluding hydrogens is 632 g/mol. The molecule has 0 aliphatic carbocycles. The smallest absolute Gasteiger partial charge is 0.410 e. The third kappa shape index (κ3) is 7.61. The van der Waals surface area contributed by atoms with Crippen LogP contribution in [0.4, 0.5) is 10.5 Å². The summed E-state index contributed by atoms with van der Waals surface area (Å²) >= 11 is 9.72. The molecule has 0 atom stereocenters. The Bertz CT molecular complexity index is 1360. The van der Waals surface area contributed by atoms with Crippen molar-refractivity contribution in [1.29, 1.82) is 0 Å². The molecule has 42 heavy (non-hydrogen) atoms. The fourth-order valence-corrected chi connectivity index (χ4v) is 5.42. The van der Waals surface area contributed by atoms with Gasteiger partial charge in [-0.25, -0.2) is 9.78 Å². The average Bonchev–Trinajstić information content (AvgIpc) is 3.25. The van der Waals surface area contributed by atoms with Crippen LogP contribution < -0.4 is 5.32 Å². The maximum atomic E-state index is 13.2. The number of aliphatic hydroxyl groups is 1. The number of carbonyl (C=O) groups excluding carboxylic acids is 4. The van der Waals surface area contributed by atoms with E-state index in [4.69, 9.17) is 16.3 Å². The van der Waals surface area contributed by atoms with E-state index in [1.165, 1.54) is 12.3 Å². The third-order valence-corrected chi connectivity index (χ3v) is 8.39. The number of amides is 4. The van der Waals surface area contributed by atoms with Gasteiger partial charge in [0.15, 0.2) is 5.82 Å². The SMILES string of the molecule is Cn1c(Br)cnc1C(=O)Nc1ccc(C(=O)N2CCN(C(=O)CC3(O)CCN(C(=O)OC(C)(C)C)CC3)CC2)c(Cl)c1. The fourth-order valence-electron chi connectivity index (χ4n) is 4.88. The van der Waals surface area contributed by atoms with Crippen LogP contribution in [0.1, 0.15) is 61.0 Å². The van der Waals surface area contributed by atoms with Crippen LogP contribution in [0.25, 0.3) is 0 Å². The highest BCUT2D eigenvalue weighted by Gasteiger charge is 2.38. The largest absolute Gasteiger partial charge is 0.444 e. The first-order chi connectivity index (χ1) is 19.7. The van der Waals surface area contributed by atoms with Gasteiger partial charge in [-0.3, -0.25) is 14.4 Å². The quantitative estimate of drug-likeness (QED) is 0.498. The molecule has 4 rings (SSSR count). The summed E-state index contributed by atoms with van der Waals surface area (Å²) in [6.07, 6.45) is 1.62. The number of rotatable bonds is 5. The van der Waals surface area contributed by atoms with Crippen molar-refractivity contribution in [2.45, 2.75) is 51.2 Å². The van der Waals surface area contributed by atoms with Crippen molar-refractivity contribution < 1.29 is 29.0 Å². The Morgan fingerprint density at radius 1 is 1.05 bits per heavy atom. The van der Waals surface area contributed by atoms with Gasteiger partial charge in [0, 0.05) is 52.0 Å². The number of piperazine rings is 1. The first-order valence-electron chi connectivity index (χ1n) is 13.7. The Morgan fingerprint density at radius 3 is 2.21 bits per heavy atom. The van der Waals surface area contributed by atoms with E-state index in [9.17, 15) is 24.3 Å². The number of hydrogen-bond acceptors (Lipinski definition) is 7. The number of hydrogen-bond donors (Lipinski definition) is 2. The summed E-state index contributed by atoms with van der Waals surface area (Å²) in [5.41, 5.74) is -1.08. The van der Waals surface area contributed by atoms with Gasteiger partial charge in [-0.1, -0.05) is 11.6 Å². The van der Waals surface area contributed by atoms with Crippen LogP contribution in [0.15, 0.2) is 29.0 Å². The van der Waals surface area contributed by atoms with E-state index in [1.807, 2.05) is 0 Å².